The summed E-state index contributed by atoms with van der Waals surface area (Å²) in [6.45, 7) is -0.424. The van der Waals surface area contributed by atoms with Crippen LogP contribution in [-0.4, -0.2) is 35.7 Å². The quantitative estimate of drug-likeness (QED) is 0.361. The van der Waals surface area contributed by atoms with Crippen molar-refractivity contribution in [3.8, 4) is 5.75 Å². The number of aliphatic hydroxyl groups is 1. The van der Waals surface area contributed by atoms with Gasteiger partial charge in [-0.25, -0.2) is 4.79 Å². The van der Waals surface area contributed by atoms with E-state index in [4.69, 9.17) is 9.84 Å². The minimum absolute atomic E-state index is 0.0313. The SMILES string of the molecule is COC(=O)c1ccc(OC(=O)CCO)c([N+](=O)[O-])c1. The molecule has 0 atom stereocenters. The van der Waals surface area contributed by atoms with Crippen molar-refractivity contribution in [3.63, 3.8) is 0 Å². The van der Waals surface area contributed by atoms with Crippen molar-refractivity contribution < 1.29 is 29.1 Å². The van der Waals surface area contributed by atoms with E-state index in [1.54, 1.807) is 0 Å². The Morgan fingerprint density at radius 2 is 2.11 bits per heavy atom. The Labute approximate surface area is 107 Å². The highest BCUT2D eigenvalue weighted by Crippen LogP contribution is 2.28. The average molecular weight is 269 g/mol. The normalized spacial score (nSPS) is 9.79. The molecule has 0 amide bonds. The van der Waals surface area contributed by atoms with Crippen molar-refractivity contribution in [2.24, 2.45) is 0 Å². The second-order valence-corrected chi connectivity index (χ2v) is 3.38. The molecule has 8 nitrogen and oxygen atoms in total. The third-order valence-corrected chi connectivity index (χ3v) is 2.12. The molecule has 0 aliphatic carbocycles. The van der Waals surface area contributed by atoms with Crippen LogP contribution in [0.5, 0.6) is 5.75 Å². The van der Waals surface area contributed by atoms with Crippen LogP contribution in [0.4, 0.5) is 5.69 Å². The number of carbonyl (C=O) groups excluding carboxylic acids is 2. The Morgan fingerprint density at radius 1 is 1.42 bits per heavy atom. The Morgan fingerprint density at radius 3 is 2.63 bits per heavy atom. The maximum absolute atomic E-state index is 11.2. The summed E-state index contributed by atoms with van der Waals surface area (Å²) in [5, 5.41) is 19.4. The monoisotopic (exact) mass is 269 g/mol. The first-order valence-corrected chi connectivity index (χ1v) is 5.18. The first kappa shape index (κ1) is 14.6. The minimum atomic E-state index is -0.809. The second kappa shape index (κ2) is 6.45. The number of nitrogens with zero attached hydrogens (tertiary/aromatic N) is 1. The number of carbonyl (C=O) groups is 2. The highest BCUT2D eigenvalue weighted by atomic mass is 16.6. The van der Waals surface area contributed by atoms with Gasteiger partial charge in [0.25, 0.3) is 0 Å². The van der Waals surface area contributed by atoms with Crippen molar-refractivity contribution in [2.45, 2.75) is 6.42 Å². The summed E-state index contributed by atoms with van der Waals surface area (Å²) < 4.78 is 9.15. The lowest BCUT2D eigenvalue weighted by molar-refractivity contribution is -0.385. The van der Waals surface area contributed by atoms with Crippen molar-refractivity contribution in [3.05, 3.63) is 33.9 Å². The van der Waals surface area contributed by atoms with E-state index in [2.05, 4.69) is 4.74 Å². The number of ether oxygens (including phenoxy) is 2. The molecule has 0 saturated heterocycles. The summed E-state index contributed by atoms with van der Waals surface area (Å²) in [5.41, 5.74) is -0.564. The molecule has 102 valence electrons. The van der Waals surface area contributed by atoms with Gasteiger partial charge >= 0.3 is 17.6 Å². The number of hydrogen-bond acceptors (Lipinski definition) is 7. The second-order valence-electron chi connectivity index (χ2n) is 3.38. The Balaban J connectivity index is 3.08. The standard InChI is InChI=1S/C11H11NO7/c1-18-11(15)7-2-3-9(8(6-7)12(16)17)19-10(14)4-5-13/h2-3,6,13H,4-5H2,1H3. The Bertz CT molecular complexity index is 512. The molecule has 0 spiro atoms. The molecule has 1 rings (SSSR count). The van der Waals surface area contributed by atoms with E-state index in [1.165, 1.54) is 6.07 Å². The number of esters is 2. The fraction of sp³-hybridized carbons (Fsp3) is 0.273. The van der Waals surface area contributed by atoms with Gasteiger partial charge in [-0.3, -0.25) is 14.9 Å². The van der Waals surface area contributed by atoms with Crippen LogP contribution in [0.1, 0.15) is 16.8 Å². The molecule has 19 heavy (non-hydrogen) atoms. The maximum atomic E-state index is 11.2. The molecule has 0 bridgehead atoms. The van der Waals surface area contributed by atoms with Crippen LogP contribution in [0.25, 0.3) is 0 Å². The lowest BCUT2D eigenvalue weighted by Gasteiger charge is -2.05. The van der Waals surface area contributed by atoms with Crippen molar-refractivity contribution >= 4 is 17.6 Å². The van der Waals surface area contributed by atoms with Crippen molar-refractivity contribution in [1.29, 1.82) is 0 Å². The number of nitro benzene ring substituents is 1. The molecular weight excluding hydrogens is 258 g/mol. The smallest absolute Gasteiger partial charge is 0.338 e. The lowest BCUT2D eigenvalue weighted by Crippen LogP contribution is -2.11. The highest BCUT2D eigenvalue weighted by molar-refractivity contribution is 5.90. The van der Waals surface area contributed by atoms with Gasteiger partial charge in [-0.05, 0) is 12.1 Å². The number of benzene rings is 1. The van der Waals surface area contributed by atoms with E-state index < -0.39 is 29.2 Å². The van der Waals surface area contributed by atoms with Crippen LogP contribution in [0.3, 0.4) is 0 Å². The van der Waals surface area contributed by atoms with E-state index in [1.807, 2.05) is 0 Å². The molecule has 0 saturated carbocycles. The van der Waals surface area contributed by atoms with Gasteiger partial charge in [-0.15, -0.1) is 0 Å². The van der Waals surface area contributed by atoms with Crippen LogP contribution in [0.15, 0.2) is 18.2 Å². The molecule has 0 unspecified atom stereocenters. The van der Waals surface area contributed by atoms with Gasteiger partial charge in [0.05, 0.1) is 30.6 Å². The van der Waals surface area contributed by atoms with E-state index in [9.17, 15) is 19.7 Å². The third-order valence-electron chi connectivity index (χ3n) is 2.12. The molecule has 0 radical (unpaired) electrons. The van der Waals surface area contributed by atoms with E-state index in [-0.39, 0.29) is 17.7 Å². The van der Waals surface area contributed by atoms with E-state index >= 15 is 0 Å². The minimum Gasteiger partial charge on any atom is -0.465 e. The first-order chi connectivity index (χ1) is 8.99. The number of hydrogen-bond donors (Lipinski definition) is 1. The van der Waals surface area contributed by atoms with Crippen LogP contribution < -0.4 is 4.74 Å². The van der Waals surface area contributed by atoms with Gasteiger partial charge in [-0.1, -0.05) is 0 Å². The zero-order chi connectivity index (χ0) is 14.4. The summed E-state index contributed by atoms with van der Waals surface area (Å²) >= 11 is 0. The molecule has 0 fully saturated rings. The van der Waals surface area contributed by atoms with Gasteiger partial charge in [0, 0.05) is 6.07 Å². The third kappa shape index (κ3) is 3.75. The Hall–Kier alpha value is -2.48. The highest BCUT2D eigenvalue weighted by Gasteiger charge is 2.21. The maximum Gasteiger partial charge on any atom is 0.338 e. The lowest BCUT2D eigenvalue weighted by atomic mass is 10.2. The first-order valence-electron chi connectivity index (χ1n) is 5.18. The van der Waals surface area contributed by atoms with E-state index in [0.717, 1.165) is 19.2 Å². The van der Waals surface area contributed by atoms with Gasteiger partial charge in [0.1, 0.15) is 0 Å². The molecule has 0 aliphatic rings. The Kier molecular flexibility index (Phi) is 4.95. The van der Waals surface area contributed by atoms with Gasteiger partial charge < -0.3 is 14.6 Å². The molecule has 8 heteroatoms. The summed E-state index contributed by atoms with van der Waals surface area (Å²) in [6.07, 6.45) is -0.282. The van der Waals surface area contributed by atoms with Crippen molar-refractivity contribution in [2.75, 3.05) is 13.7 Å². The summed E-state index contributed by atoms with van der Waals surface area (Å²) in [6, 6.07) is 3.31. The van der Waals surface area contributed by atoms with Crippen molar-refractivity contribution in [1.82, 2.24) is 0 Å². The molecule has 0 aromatic heterocycles. The van der Waals surface area contributed by atoms with Crippen LogP contribution >= 0.6 is 0 Å². The largest absolute Gasteiger partial charge is 0.465 e. The number of rotatable bonds is 5. The van der Waals surface area contributed by atoms with Gasteiger partial charge in [-0.2, -0.15) is 0 Å². The zero-order valence-corrected chi connectivity index (χ0v) is 9.99. The summed E-state index contributed by atoms with van der Waals surface area (Å²) in [7, 11) is 1.14. The number of methoxy groups -OCH3 is 1. The molecule has 0 aliphatic heterocycles. The molecule has 0 heterocycles. The predicted molar refractivity (Wildman–Crippen MR) is 61.8 cm³/mol. The van der Waals surface area contributed by atoms with Crippen LogP contribution in [-0.2, 0) is 9.53 Å². The number of nitro groups is 1. The van der Waals surface area contributed by atoms with E-state index in [0.29, 0.717) is 0 Å². The van der Waals surface area contributed by atoms with Crippen LogP contribution in [0.2, 0.25) is 0 Å². The topological polar surface area (TPSA) is 116 Å². The summed E-state index contributed by atoms with van der Waals surface area (Å²) in [5.74, 6) is -1.84. The molecule has 1 N–H and O–H groups in total. The number of aliphatic hydroxyl groups excluding tert-OH is 1. The summed E-state index contributed by atoms with van der Waals surface area (Å²) in [4.78, 5) is 32.5. The molecule has 1 aromatic rings. The zero-order valence-electron chi connectivity index (χ0n) is 9.99. The molecule has 1 aromatic carbocycles. The van der Waals surface area contributed by atoms with Gasteiger partial charge in [0.2, 0.25) is 5.75 Å². The van der Waals surface area contributed by atoms with Gasteiger partial charge in [0.15, 0.2) is 0 Å². The predicted octanol–water partition coefficient (Wildman–Crippen LogP) is 0.669. The molecular formula is C11H11NO7. The fourth-order valence-corrected chi connectivity index (χ4v) is 1.26. The average Bonchev–Trinajstić information content (AvgIpc) is 2.38. The van der Waals surface area contributed by atoms with Crippen LogP contribution in [0, 0.1) is 10.1 Å². The fourth-order valence-electron chi connectivity index (χ4n) is 1.26.